The maximum absolute atomic E-state index is 12.7. The third-order valence-corrected chi connectivity index (χ3v) is 7.20. The number of piperidine rings is 1. The molecule has 1 fully saturated rings. The van der Waals surface area contributed by atoms with Crippen LogP contribution in [0.2, 0.25) is 5.02 Å². The molecule has 2 aromatic rings. The molecule has 0 saturated carbocycles. The second kappa shape index (κ2) is 9.07. The smallest absolute Gasteiger partial charge is 0.225 e. The van der Waals surface area contributed by atoms with Crippen molar-refractivity contribution in [3.8, 4) is 0 Å². The quantitative estimate of drug-likeness (QED) is 0.718. The van der Waals surface area contributed by atoms with E-state index >= 15 is 0 Å². The van der Waals surface area contributed by atoms with E-state index in [4.69, 9.17) is 11.6 Å². The van der Waals surface area contributed by atoms with Crippen LogP contribution >= 0.6 is 11.6 Å². The van der Waals surface area contributed by atoms with Gasteiger partial charge in [0.2, 0.25) is 15.9 Å². The zero-order chi connectivity index (χ0) is 20.1. The van der Waals surface area contributed by atoms with Crippen molar-refractivity contribution in [2.45, 2.75) is 25.1 Å². The van der Waals surface area contributed by atoms with Crippen LogP contribution in [0, 0.1) is 5.92 Å². The van der Waals surface area contributed by atoms with Gasteiger partial charge in [-0.1, -0.05) is 54.1 Å². The monoisotopic (exact) mass is 420 g/mol. The highest BCUT2D eigenvalue weighted by Gasteiger charge is 2.32. The minimum Gasteiger partial charge on any atom is -0.341 e. The number of carbonyl (C=O) groups excluding carboxylic acids is 1. The number of sulfonamides is 1. The number of rotatable bonds is 6. The van der Waals surface area contributed by atoms with Crippen LogP contribution in [0.15, 0.2) is 54.6 Å². The van der Waals surface area contributed by atoms with E-state index in [9.17, 15) is 13.2 Å². The molecule has 3 rings (SSSR count). The molecule has 1 saturated heterocycles. The lowest BCUT2D eigenvalue weighted by atomic mass is 9.96. The van der Waals surface area contributed by atoms with Crippen LogP contribution in [-0.4, -0.2) is 43.7 Å². The first-order chi connectivity index (χ1) is 13.3. The minimum atomic E-state index is -3.36. The maximum atomic E-state index is 12.7. The molecule has 0 radical (unpaired) electrons. The Morgan fingerprint density at radius 3 is 2.25 bits per heavy atom. The van der Waals surface area contributed by atoms with Crippen LogP contribution in [0.4, 0.5) is 0 Å². The number of carbonyl (C=O) groups is 1. The Balaban J connectivity index is 1.54. The summed E-state index contributed by atoms with van der Waals surface area (Å²) in [5, 5.41) is 0.668. The van der Waals surface area contributed by atoms with Crippen molar-refractivity contribution in [2.24, 2.45) is 5.92 Å². The molecule has 1 aliphatic heterocycles. The second-order valence-electron chi connectivity index (χ2n) is 7.24. The molecular weight excluding hydrogens is 396 g/mol. The number of hydrogen-bond acceptors (Lipinski definition) is 3. The van der Waals surface area contributed by atoms with E-state index < -0.39 is 10.0 Å². The first-order valence-electron chi connectivity index (χ1n) is 9.36. The standard InChI is InChI=1S/C21H25ClN2O3S/c1-23(15-17-7-9-20(22)10-8-17)21(25)19-11-13-24(14-12-19)28(26,27)16-18-5-3-2-4-6-18/h2-10,19H,11-16H2,1H3. The SMILES string of the molecule is CN(Cc1ccc(Cl)cc1)C(=O)C1CCN(S(=O)(=O)Cc2ccccc2)CC1. The fourth-order valence-corrected chi connectivity index (χ4v) is 5.20. The summed E-state index contributed by atoms with van der Waals surface area (Å²) in [4.78, 5) is 14.5. The molecule has 0 aromatic heterocycles. The van der Waals surface area contributed by atoms with Gasteiger partial charge in [-0.05, 0) is 36.1 Å². The fraction of sp³-hybridized carbons (Fsp3) is 0.381. The summed E-state index contributed by atoms with van der Waals surface area (Å²) in [5.74, 6) is -0.0707. The molecular formula is C21H25ClN2O3S. The van der Waals surface area contributed by atoms with Crippen molar-refractivity contribution in [1.82, 2.24) is 9.21 Å². The highest BCUT2D eigenvalue weighted by Crippen LogP contribution is 2.24. The summed E-state index contributed by atoms with van der Waals surface area (Å²) >= 11 is 5.90. The van der Waals surface area contributed by atoms with Gasteiger partial charge < -0.3 is 4.90 Å². The molecule has 5 nitrogen and oxygen atoms in total. The first kappa shape index (κ1) is 20.8. The van der Waals surface area contributed by atoms with Gasteiger partial charge in [0.1, 0.15) is 0 Å². The Hall–Kier alpha value is -1.89. The molecule has 1 aliphatic rings. The number of benzene rings is 2. The molecule has 2 aromatic carbocycles. The van der Waals surface area contributed by atoms with Gasteiger partial charge in [0.15, 0.2) is 0 Å². The molecule has 150 valence electrons. The highest BCUT2D eigenvalue weighted by molar-refractivity contribution is 7.88. The molecule has 7 heteroatoms. The topological polar surface area (TPSA) is 57.7 Å². The zero-order valence-corrected chi connectivity index (χ0v) is 17.5. The van der Waals surface area contributed by atoms with E-state index in [1.165, 1.54) is 4.31 Å². The van der Waals surface area contributed by atoms with Crippen LogP contribution in [0.3, 0.4) is 0 Å². The average molecular weight is 421 g/mol. The van der Waals surface area contributed by atoms with E-state index in [2.05, 4.69) is 0 Å². The van der Waals surface area contributed by atoms with Gasteiger partial charge in [0, 0.05) is 37.6 Å². The van der Waals surface area contributed by atoms with Gasteiger partial charge >= 0.3 is 0 Å². The predicted molar refractivity (Wildman–Crippen MR) is 111 cm³/mol. The van der Waals surface area contributed by atoms with Gasteiger partial charge in [-0.15, -0.1) is 0 Å². The lowest BCUT2D eigenvalue weighted by molar-refractivity contribution is -0.135. The van der Waals surface area contributed by atoms with Gasteiger partial charge in [0.25, 0.3) is 0 Å². The summed E-state index contributed by atoms with van der Waals surface area (Å²) in [6, 6.07) is 16.6. The van der Waals surface area contributed by atoms with E-state index in [0.29, 0.717) is 37.5 Å². The van der Waals surface area contributed by atoms with E-state index in [1.54, 1.807) is 11.9 Å². The predicted octanol–water partition coefficient (Wildman–Crippen LogP) is 3.54. The molecule has 0 bridgehead atoms. The third kappa shape index (κ3) is 5.34. The van der Waals surface area contributed by atoms with Crippen LogP contribution in [0.25, 0.3) is 0 Å². The lowest BCUT2D eigenvalue weighted by Gasteiger charge is -2.32. The van der Waals surface area contributed by atoms with Crippen molar-refractivity contribution >= 4 is 27.5 Å². The zero-order valence-electron chi connectivity index (χ0n) is 15.9. The van der Waals surface area contributed by atoms with E-state index in [-0.39, 0.29) is 17.6 Å². The number of amides is 1. The van der Waals surface area contributed by atoms with Gasteiger partial charge in [0.05, 0.1) is 5.75 Å². The summed E-state index contributed by atoms with van der Waals surface area (Å²) in [7, 11) is -1.58. The maximum Gasteiger partial charge on any atom is 0.225 e. The van der Waals surface area contributed by atoms with E-state index in [0.717, 1.165) is 11.1 Å². The third-order valence-electron chi connectivity index (χ3n) is 5.10. The van der Waals surface area contributed by atoms with Crippen molar-refractivity contribution in [3.63, 3.8) is 0 Å². The Morgan fingerprint density at radius 1 is 1.04 bits per heavy atom. The number of nitrogens with zero attached hydrogens (tertiary/aromatic N) is 2. The second-order valence-corrected chi connectivity index (χ2v) is 9.64. The molecule has 28 heavy (non-hydrogen) atoms. The molecule has 1 heterocycles. The van der Waals surface area contributed by atoms with Crippen LogP contribution in [-0.2, 0) is 27.1 Å². The molecule has 1 amide bonds. The van der Waals surface area contributed by atoms with Crippen molar-refractivity contribution in [2.75, 3.05) is 20.1 Å². The highest BCUT2D eigenvalue weighted by atomic mass is 35.5. The minimum absolute atomic E-state index is 0.00290. The van der Waals surface area contributed by atoms with Gasteiger partial charge in [-0.25, -0.2) is 12.7 Å². The molecule has 0 spiro atoms. The van der Waals surface area contributed by atoms with E-state index in [1.807, 2.05) is 54.6 Å². The van der Waals surface area contributed by atoms with Crippen molar-refractivity contribution < 1.29 is 13.2 Å². The van der Waals surface area contributed by atoms with Crippen LogP contribution in [0.5, 0.6) is 0 Å². The number of hydrogen-bond donors (Lipinski definition) is 0. The fourth-order valence-electron chi connectivity index (χ4n) is 3.51. The molecule has 0 atom stereocenters. The summed E-state index contributed by atoms with van der Waals surface area (Å²) in [6.45, 7) is 1.29. The molecule has 0 aliphatic carbocycles. The van der Waals surface area contributed by atoms with Gasteiger partial charge in [-0.3, -0.25) is 4.79 Å². The number of halogens is 1. The van der Waals surface area contributed by atoms with Gasteiger partial charge in [-0.2, -0.15) is 0 Å². The Bertz CT molecular complexity index is 893. The molecule has 0 N–H and O–H groups in total. The van der Waals surface area contributed by atoms with Crippen molar-refractivity contribution in [3.05, 3.63) is 70.7 Å². The Kier molecular flexibility index (Phi) is 6.75. The normalized spacial score (nSPS) is 16.1. The molecule has 0 unspecified atom stereocenters. The van der Waals surface area contributed by atoms with Crippen LogP contribution < -0.4 is 0 Å². The largest absolute Gasteiger partial charge is 0.341 e. The summed E-state index contributed by atoms with van der Waals surface area (Å²) in [6.07, 6.45) is 1.11. The average Bonchev–Trinajstić information content (AvgIpc) is 2.69. The first-order valence-corrected chi connectivity index (χ1v) is 11.3. The Labute approximate surface area is 172 Å². The lowest BCUT2D eigenvalue weighted by Crippen LogP contribution is -2.43. The van der Waals surface area contributed by atoms with Crippen LogP contribution in [0.1, 0.15) is 24.0 Å². The Morgan fingerprint density at radius 2 is 1.64 bits per heavy atom. The van der Waals surface area contributed by atoms with Crippen molar-refractivity contribution in [1.29, 1.82) is 0 Å². The summed E-state index contributed by atoms with van der Waals surface area (Å²) < 4.78 is 26.8. The summed E-state index contributed by atoms with van der Waals surface area (Å²) in [5.41, 5.74) is 1.80.